The highest BCUT2D eigenvalue weighted by Crippen LogP contribution is 2.27. The molecule has 15 heteroatoms. The predicted molar refractivity (Wildman–Crippen MR) is 264 cm³/mol. The second kappa shape index (κ2) is 21.0. The number of rotatable bonds is 15. The molecular formula is C51H48N12O3. The zero-order valence-corrected chi connectivity index (χ0v) is 37.3. The van der Waals surface area contributed by atoms with E-state index in [0.717, 1.165) is 17.1 Å². The van der Waals surface area contributed by atoms with Crippen LogP contribution in [0.5, 0.6) is 0 Å². The van der Waals surface area contributed by atoms with Crippen LogP contribution in [0, 0.1) is 0 Å². The average Bonchev–Trinajstić information content (AvgIpc) is 3.33. The number of azo groups is 3. The first-order valence-electron chi connectivity index (χ1n) is 20.8. The van der Waals surface area contributed by atoms with Gasteiger partial charge in [0.1, 0.15) is 0 Å². The molecule has 0 saturated heterocycles. The third kappa shape index (κ3) is 12.4. The van der Waals surface area contributed by atoms with E-state index < -0.39 is 17.7 Å². The number of nitrogens with one attached hydrogen (secondary N) is 3. The second-order valence-electron chi connectivity index (χ2n) is 15.6. The van der Waals surface area contributed by atoms with Crippen molar-refractivity contribution in [2.24, 2.45) is 30.7 Å². The monoisotopic (exact) mass is 876 g/mol. The molecule has 0 saturated carbocycles. The molecule has 66 heavy (non-hydrogen) atoms. The topological polar surface area (TPSA) is 171 Å². The van der Waals surface area contributed by atoms with Gasteiger partial charge in [0.2, 0.25) is 0 Å². The summed E-state index contributed by atoms with van der Waals surface area (Å²) in [6, 6.07) is 47.8. The molecule has 7 rings (SSSR count). The molecule has 0 radical (unpaired) electrons. The Morgan fingerprint density at radius 1 is 0.303 bits per heavy atom. The Bertz CT molecular complexity index is 2550. The minimum atomic E-state index is -0.536. The first kappa shape index (κ1) is 45.2. The van der Waals surface area contributed by atoms with Crippen LogP contribution in [0.1, 0.15) is 31.1 Å². The van der Waals surface area contributed by atoms with Gasteiger partial charge in [0.25, 0.3) is 17.7 Å². The third-order valence-corrected chi connectivity index (χ3v) is 10.0. The van der Waals surface area contributed by atoms with Crippen LogP contribution in [-0.2, 0) is 0 Å². The van der Waals surface area contributed by atoms with Gasteiger partial charge in [-0.2, -0.15) is 30.7 Å². The number of carbonyl (C=O) groups excluding carboxylic acids is 3. The van der Waals surface area contributed by atoms with E-state index >= 15 is 0 Å². The summed E-state index contributed by atoms with van der Waals surface area (Å²) in [7, 11) is 11.8. The molecule has 0 aliphatic heterocycles. The maximum Gasteiger partial charge on any atom is 0.255 e. The summed E-state index contributed by atoms with van der Waals surface area (Å²) in [4.78, 5) is 47.4. The van der Waals surface area contributed by atoms with E-state index in [-0.39, 0.29) is 16.7 Å². The minimum Gasteiger partial charge on any atom is -0.378 e. The van der Waals surface area contributed by atoms with Gasteiger partial charge < -0.3 is 30.7 Å². The van der Waals surface area contributed by atoms with E-state index in [9.17, 15) is 14.4 Å². The fourth-order valence-electron chi connectivity index (χ4n) is 6.26. The van der Waals surface area contributed by atoms with Gasteiger partial charge in [-0.1, -0.05) is 0 Å². The molecule has 0 bridgehead atoms. The van der Waals surface area contributed by atoms with Crippen molar-refractivity contribution >= 4 is 86.0 Å². The number of nitrogens with zero attached hydrogens (tertiary/aromatic N) is 9. The lowest BCUT2D eigenvalue weighted by atomic mass is 10.0. The van der Waals surface area contributed by atoms with Crippen LogP contribution in [0.15, 0.2) is 194 Å². The Morgan fingerprint density at radius 2 is 0.485 bits per heavy atom. The summed E-state index contributed by atoms with van der Waals surface area (Å²) in [5, 5.41) is 34.5. The summed E-state index contributed by atoms with van der Waals surface area (Å²) in [5.74, 6) is -1.61. The smallest absolute Gasteiger partial charge is 0.255 e. The molecule has 0 heterocycles. The lowest BCUT2D eigenvalue weighted by Crippen LogP contribution is -2.19. The van der Waals surface area contributed by atoms with Gasteiger partial charge in [-0.15, -0.1) is 0 Å². The number of benzene rings is 7. The van der Waals surface area contributed by atoms with Crippen LogP contribution in [0.3, 0.4) is 0 Å². The van der Waals surface area contributed by atoms with E-state index in [2.05, 4.69) is 46.6 Å². The molecule has 0 fully saturated rings. The van der Waals surface area contributed by atoms with E-state index in [1.54, 1.807) is 72.8 Å². The Morgan fingerprint density at radius 3 is 0.667 bits per heavy atom. The van der Waals surface area contributed by atoms with E-state index in [1.165, 1.54) is 18.2 Å². The number of amides is 3. The Labute approximate surface area is 383 Å². The number of hydrogen-bond donors (Lipinski definition) is 3. The van der Waals surface area contributed by atoms with Gasteiger partial charge in [-0.05, 0) is 164 Å². The van der Waals surface area contributed by atoms with E-state index in [4.69, 9.17) is 0 Å². The Hall–Kier alpha value is -8.85. The summed E-state index contributed by atoms with van der Waals surface area (Å²) >= 11 is 0. The van der Waals surface area contributed by atoms with Gasteiger partial charge in [-0.25, -0.2) is 0 Å². The van der Waals surface area contributed by atoms with Gasteiger partial charge in [-0.3, -0.25) is 14.4 Å². The van der Waals surface area contributed by atoms with E-state index in [1.807, 2.05) is 130 Å². The lowest BCUT2D eigenvalue weighted by molar-refractivity contribution is 0.102. The molecule has 0 aliphatic carbocycles. The standard InChI is InChI=1S/C51H48N12O3/c1-61(2)46-25-19-43(20-26-46)58-55-40-13-7-37(8-14-40)52-49(64)34-31-35(50(65)53-38-9-15-41(16-10-38)56-59-44-21-27-47(28-22-44)62(3)4)33-36(32-34)51(66)54-39-11-17-42(18-12-39)57-60-45-23-29-48(30-24-45)63(5)6/h7-33H,1-6H3,(H,52,64)(H,53,65)(H,54,66). The molecule has 3 N–H and O–H groups in total. The maximum absolute atomic E-state index is 13.8. The summed E-state index contributed by atoms with van der Waals surface area (Å²) < 4.78 is 0. The highest BCUT2D eigenvalue weighted by Gasteiger charge is 2.18. The van der Waals surface area contributed by atoms with Crippen LogP contribution in [0.4, 0.5) is 68.2 Å². The molecule has 0 atom stereocenters. The van der Waals surface area contributed by atoms with Gasteiger partial charge in [0, 0.05) is 93.1 Å². The average molecular weight is 877 g/mol. The lowest BCUT2D eigenvalue weighted by Gasteiger charge is -2.12. The fourth-order valence-corrected chi connectivity index (χ4v) is 6.26. The van der Waals surface area contributed by atoms with Crippen molar-refractivity contribution in [2.75, 3.05) is 72.9 Å². The highest BCUT2D eigenvalue weighted by atomic mass is 16.2. The maximum atomic E-state index is 13.8. The quantitative estimate of drug-likeness (QED) is 0.0865. The molecule has 15 nitrogen and oxygen atoms in total. The largest absolute Gasteiger partial charge is 0.378 e. The molecule has 7 aromatic rings. The molecule has 7 aromatic carbocycles. The highest BCUT2D eigenvalue weighted by molar-refractivity contribution is 6.13. The van der Waals surface area contributed by atoms with Crippen LogP contribution in [-0.4, -0.2) is 60.0 Å². The van der Waals surface area contributed by atoms with Crippen molar-refractivity contribution in [1.29, 1.82) is 0 Å². The SMILES string of the molecule is CN(C)c1ccc(N=Nc2ccc(NC(=O)c3cc(C(=O)Nc4ccc(N=Nc5ccc(N(C)C)cc5)cc4)cc(C(=O)Nc4ccc(N=Nc5ccc(N(C)C)cc5)cc4)c3)cc2)cc1. The summed E-state index contributed by atoms with van der Waals surface area (Å²) in [6.45, 7) is 0. The molecule has 0 spiro atoms. The fraction of sp³-hybridized carbons (Fsp3) is 0.118. The third-order valence-electron chi connectivity index (χ3n) is 10.0. The molecule has 330 valence electrons. The van der Waals surface area contributed by atoms with Crippen molar-refractivity contribution in [3.05, 3.63) is 180 Å². The van der Waals surface area contributed by atoms with Crippen LogP contribution in [0.2, 0.25) is 0 Å². The number of anilines is 6. The molecule has 0 aromatic heterocycles. The molecular weight excluding hydrogens is 829 g/mol. The van der Waals surface area contributed by atoms with Gasteiger partial charge in [0.05, 0.1) is 34.1 Å². The predicted octanol–water partition coefficient (Wildman–Crippen LogP) is 12.9. The van der Waals surface area contributed by atoms with Gasteiger partial charge in [0.15, 0.2) is 0 Å². The van der Waals surface area contributed by atoms with Crippen molar-refractivity contribution in [3.63, 3.8) is 0 Å². The van der Waals surface area contributed by atoms with Crippen molar-refractivity contribution < 1.29 is 14.4 Å². The molecule has 0 unspecified atom stereocenters. The molecule has 3 amide bonds. The van der Waals surface area contributed by atoms with Crippen molar-refractivity contribution in [1.82, 2.24) is 0 Å². The first-order valence-corrected chi connectivity index (χ1v) is 20.8. The van der Waals surface area contributed by atoms with E-state index in [0.29, 0.717) is 51.2 Å². The van der Waals surface area contributed by atoms with Crippen molar-refractivity contribution in [3.8, 4) is 0 Å². The Balaban J connectivity index is 1.06. The first-order chi connectivity index (χ1) is 31.8. The zero-order chi connectivity index (χ0) is 46.6. The number of carbonyl (C=O) groups is 3. The van der Waals surface area contributed by atoms with Gasteiger partial charge >= 0.3 is 0 Å². The minimum absolute atomic E-state index is 0.0847. The summed E-state index contributed by atoms with van der Waals surface area (Å²) in [5.41, 5.74) is 8.67. The Kier molecular flexibility index (Phi) is 14.4. The number of hydrogen-bond acceptors (Lipinski definition) is 12. The normalized spacial score (nSPS) is 11.2. The summed E-state index contributed by atoms with van der Waals surface area (Å²) in [6.07, 6.45) is 0. The zero-order valence-electron chi connectivity index (χ0n) is 37.3. The van der Waals surface area contributed by atoms with Crippen LogP contribution >= 0.6 is 0 Å². The van der Waals surface area contributed by atoms with Crippen LogP contribution < -0.4 is 30.7 Å². The molecule has 0 aliphatic rings. The van der Waals surface area contributed by atoms with Crippen LogP contribution in [0.25, 0.3) is 0 Å². The second-order valence-corrected chi connectivity index (χ2v) is 15.6. The van der Waals surface area contributed by atoms with Crippen molar-refractivity contribution in [2.45, 2.75) is 0 Å².